The first-order valence-electron chi connectivity index (χ1n) is 17.0. The molecule has 236 valence electrons. The van der Waals surface area contributed by atoms with Gasteiger partial charge in [0.2, 0.25) is 0 Å². The van der Waals surface area contributed by atoms with Gasteiger partial charge in [0.05, 0.1) is 0 Å². The van der Waals surface area contributed by atoms with Crippen LogP contribution in [-0.4, -0.2) is 0 Å². The maximum absolute atomic E-state index is 6.17. The van der Waals surface area contributed by atoms with E-state index in [1.54, 1.807) is 0 Å². The molecule has 2 nitrogen and oxygen atoms in total. The van der Waals surface area contributed by atoms with E-state index in [9.17, 15) is 0 Å². The number of anilines is 3. The molecule has 2 heteroatoms. The lowest BCUT2D eigenvalue weighted by Gasteiger charge is -2.26. The van der Waals surface area contributed by atoms with E-state index >= 15 is 0 Å². The van der Waals surface area contributed by atoms with Crippen molar-refractivity contribution in [3.8, 4) is 44.7 Å². The van der Waals surface area contributed by atoms with Gasteiger partial charge >= 0.3 is 0 Å². The normalized spacial score (nSPS) is 11.2. The number of furan rings is 1. The maximum Gasteiger partial charge on any atom is 0.135 e. The predicted octanol–water partition coefficient (Wildman–Crippen LogP) is 13.7. The molecule has 0 N–H and O–H groups in total. The second-order valence-electron chi connectivity index (χ2n) is 12.6. The lowest BCUT2D eigenvalue weighted by atomic mass is 9.98. The van der Waals surface area contributed by atoms with Gasteiger partial charge < -0.3 is 9.32 Å². The second-order valence-corrected chi connectivity index (χ2v) is 12.6. The minimum Gasteiger partial charge on any atom is -0.456 e. The monoisotopic (exact) mass is 639 g/mol. The fourth-order valence-corrected chi connectivity index (χ4v) is 6.84. The van der Waals surface area contributed by atoms with Crippen molar-refractivity contribution >= 4 is 38.8 Å². The van der Waals surface area contributed by atoms with Gasteiger partial charge in [0.25, 0.3) is 0 Å². The molecule has 0 aliphatic rings. The van der Waals surface area contributed by atoms with Crippen LogP contribution in [0.2, 0.25) is 0 Å². The van der Waals surface area contributed by atoms with Crippen molar-refractivity contribution in [2.24, 2.45) is 0 Å². The quantitative estimate of drug-likeness (QED) is 0.173. The average Bonchev–Trinajstić information content (AvgIpc) is 3.64. The number of benzene rings is 8. The van der Waals surface area contributed by atoms with E-state index in [1.165, 1.54) is 38.6 Å². The van der Waals surface area contributed by atoms with Crippen LogP contribution in [0.4, 0.5) is 17.1 Å². The summed E-state index contributed by atoms with van der Waals surface area (Å²) in [6.45, 7) is 0. The van der Waals surface area contributed by atoms with Gasteiger partial charge in [-0.1, -0.05) is 140 Å². The maximum atomic E-state index is 6.17. The fraction of sp³-hybridized carbons (Fsp3) is 0. The Hall–Kier alpha value is -6.64. The highest BCUT2D eigenvalue weighted by Crippen LogP contribution is 2.38. The summed E-state index contributed by atoms with van der Waals surface area (Å²) in [6.07, 6.45) is 0. The molecule has 0 aliphatic carbocycles. The average molecular weight is 640 g/mol. The summed E-state index contributed by atoms with van der Waals surface area (Å²) in [4.78, 5) is 2.33. The summed E-state index contributed by atoms with van der Waals surface area (Å²) in [5, 5.41) is 3.50. The number of hydrogen-bond acceptors (Lipinski definition) is 2. The van der Waals surface area contributed by atoms with Crippen LogP contribution >= 0.6 is 0 Å². The van der Waals surface area contributed by atoms with Crippen LogP contribution < -0.4 is 4.90 Å². The Balaban J connectivity index is 1.02. The van der Waals surface area contributed by atoms with E-state index in [0.717, 1.165) is 44.9 Å². The largest absolute Gasteiger partial charge is 0.456 e. The summed E-state index contributed by atoms with van der Waals surface area (Å²) in [7, 11) is 0. The number of para-hydroxylation sites is 2. The summed E-state index contributed by atoms with van der Waals surface area (Å²) >= 11 is 0. The fourth-order valence-electron chi connectivity index (χ4n) is 6.84. The van der Waals surface area contributed by atoms with Crippen LogP contribution in [0.15, 0.2) is 205 Å². The van der Waals surface area contributed by atoms with Gasteiger partial charge in [0.1, 0.15) is 11.3 Å². The Bertz CT molecular complexity index is 2530. The van der Waals surface area contributed by atoms with Gasteiger partial charge in [0.15, 0.2) is 0 Å². The molecule has 0 spiro atoms. The second kappa shape index (κ2) is 12.8. The topological polar surface area (TPSA) is 16.4 Å². The molecule has 1 aromatic heterocycles. The molecular weight excluding hydrogens is 607 g/mol. The van der Waals surface area contributed by atoms with Crippen LogP contribution in [-0.2, 0) is 0 Å². The van der Waals surface area contributed by atoms with Gasteiger partial charge in [-0.05, 0) is 105 Å². The molecule has 0 bridgehead atoms. The zero-order valence-electron chi connectivity index (χ0n) is 27.4. The molecule has 0 radical (unpaired) electrons. The highest BCUT2D eigenvalue weighted by molar-refractivity contribution is 5.93. The van der Waals surface area contributed by atoms with Crippen molar-refractivity contribution in [1.29, 1.82) is 0 Å². The van der Waals surface area contributed by atoms with Crippen molar-refractivity contribution in [2.45, 2.75) is 0 Å². The first-order valence-corrected chi connectivity index (χ1v) is 17.0. The highest BCUT2D eigenvalue weighted by atomic mass is 16.3. The Morgan fingerprint density at radius 3 is 1.52 bits per heavy atom. The molecule has 50 heavy (non-hydrogen) atoms. The van der Waals surface area contributed by atoms with Crippen LogP contribution in [0, 0.1) is 0 Å². The number of nitrogens with zero attached hydrogens (tertiary/aromatic N) is 1. The summed E-state index contributed by atoms with van der Waals surface area (Å²) in [6, 6.07) is 71.1. The van der Waals surface area contributed by atoms with E-state index in [4.69, 9.17) is 4.42 Å². The van der Waals surface area contributed by atoms with E-state index in [1.807, 2.05) is 18.2 Å². The zero-order valence-corrected chi connectivity index (χ0v) is 27.4. The van der Waals surface area contributed by atoms with Crippen molar-refractivity contribution < 1.29 is 4.42 Å². The molecule has 0 saturated heterocycles. The lowest BCUT2D eigenvalue weighted by Crippen LogP contribution is -2.09. The Morgan fingerprint density at radius 2 is 0.780 bits per heavy atom. The molecule has 0 fully saturated rings. The number of hydrogen-bond donors (Lipinski definition) is 0. The van der Waals surface area contributed by atoms with E-state index in [-0.39, 0.29) is 0 Å². The molecule has 0 unspecified atom stereocenters. The van der Waals surface area contributed by atoms with Crippen LogP contribution in [0.3, 0.4) is 0 Å². The molecule has 9 rings (SSSR count). The standard InChI is InChI=1S/C48H33NO/c1-3-10-34(11-4-1)35-18-20-36(21-19-35)37-24-27-45(28-25-37)49(44-15-5-2-6-16-44)46-29-26-40-30-39(22-23-41(40)32-46)38-13-9-14-42(31-38)48-33-43-12-7-8-17-47(43)50-48/h1-33H. The Kier molecular flexibility index (Phi) is 7.53. The van der Waals surface area contributed by atoms with Gasteiger partial charge in [-0.2, -0.15) is 0 Å². The lowest BCUT2D eigenvalue weighted by molar-refractivity contribution is 0.631. The molecule has 0 aliphatic heterocycles. The Labute approximate surface area is 292 Å². The molecule has 9 aromatic rings. The number of fused-ring (bicyclic) bond motifs is 2. The third-order valence-electron chi connectivity index (χ3n) is 9.45. The molecular formula is C48H33NO. The minimum absolute atomic E-state index is 0.883. The van der Waals surface area contributed by atoms with Crippen molar-refractivity contribution in [1.82, 2.24) is 0 Å². The molecule has 0 amide bonds. The van der Waals surface area contributed by atoms with E-state index in [2.05, 4.69) is 187 Å². The predicted molar refractivity (Wildman–Crippen MR) is 210 cm³/mol. The third kappa shape index (κ3) is 5.74. The Morgan fingerprint density at radius 1 is 0.280 bits per heavy atom. The van der Waals surface area contributed by atoms with Crippen molar-refractivity contribution in [2.75, 3.05) is 4.90 Å². The van der Waals surface area contributed by atoms with Gasteiger partial charge in [0, 0.05) is 28.0 Å². The third-order valence-corrected chi connectivity index (χ3v) is 9.45. The summed E-state index contributed by atoms with van der Waals surface area (Å²) in [5.41, 5.74) is 12.5. The SMILES string of the molecule is c1ccc(-c2ccc(-c3ccc(N(c4ccccc4)c4ccc5cc(-c6cccc(-c7cc8ccccc8o7)c6)ccc5c4)cc3)cc2)cc1. The van der Waals surface area contributed by atoms with Crippen LogP contribution in [0.25, 0.3) is 66.4 Å². The summed E-state index contributed by atoms with van der Waals surface area (Å²) in [5.74, 6) is 0.883. The van der Waals surface area contributed by atoms with Crippen molar-refractivity contribution in [3.05, 3.63) is 200 Å². The minimum atomic E-state index is 0.883. The number of rotatable bonds is 7. The highest BCUT2D eigenvalue weighted by Gasteiger charge is 2.14. The molecule has 1 heterocycles. The van der Waals surface area contributed by atoms with Crippen molar-refractivity contribution in [3.63, 3.8) is 0 Å². The van der Waals surface area contributed by atoms with Crippen LogP contribution in [0.5, 0.6) is 0 Å². The van der Waals surface area contributed by atoms with Gasteiger partial charge in [-0.15, -0.1) is 0 Å². The molecule has 8 aromatic carbocycles. The van der Waals surface area contributed by atoms with E-state index < -0.39 is 0 Å². The molecule has 0 saturated carbocycles. The summed E-state index contributed by atoms with van der Waals surface area (Å²) < 4.78 is 6.17. The first kappa shape index (κ1) is 29.5. The van der Waals surface area contributed by atoms with E-state index in [0.29, 0.717) is 0 Å². The zero-order chi connectivity index (χ0) is 33.3. The molecule has 0 atom stereocenters. The van der Waals surface area contributed by atoms with Gasteiger partial charge in [-0.25, -0.2) is 0 Å². The van der Waals surface area contributed by atoms with Crippen LogP contribution in [0.1, 0.15) is 0 Å². The smallest absolute Gasteiger partial charge is 0.135 e. The van der Waals surface area contributed by atoms with Gasteiger partial charge in [-0.3, -0.25) is 0 Å². The first-order chi connectivity index (χ1) is 24.7.